The van der Waals surface area contributed by atoms with Crippen LogP contribution in [0.5, 0.6) is 0 Å². The number of aliphatic hydroxyl groups excluding tert-OH is 1. The molecule has 0 radical (unpaired) electrons. The summed E-state index contributed by atoms with van der Waals surface area (Å²) in [7, 11) is 0. The van der Waals surface area contributed by atoms with Crippen LogP contribution in [-0.4, -0.2) is 35.2 Å². The van der Waals surface area contributed by atoms with Crippen LogP contribution in [0, 0.1) is 11.8 Å². The van der Waals surface area contributed by atoms with Gasteiger partial charge in [0.25, 0.3) is 0 Å². The van der Waals surface area contributed by atoms with E-state index in [1.165, 1.54) is 45.2 Å². The topological polar surface area (TPSA) is 23.5 Å². The van der Waals surface area contributed by atoms with Crippen molar-refractivity contribution in [3.63, 3.8) is 0 Å². The first-order valence-electron chi connectivity index (χ1n) is 7.10. The third kappa shape index (κ3) is 2.78. The van der Waals surface area contributed by atoms with Gasteiger partial charge in [0.1, 0.15) is 0 Å². The van der Waals surface area contributed by atoms with Gasteiger partial charge in [0.2, 0.25) is 0 Å². The van der Waals surface area contributed by atoms with Crippen LogP contribution in [0.15, 0.2) is 0 Å². The molecule has 1 aliphatic heterocycles. The van der Waals surface area contributed by atoms with Crippen molar-refractivity contribution < 1.29 is 5.11 Å². The standard InChI is InChI=1S/C14H27NO/c1-11(2)12-5-4-9-15(10-8-12)13-6-3-7-14(13)16/h11-14,16H,3-10H2,1-2H3. The van der Waals surface area contributed by atoms with E-state index in [0.29, 0.717) is 6.04 Å². The molecule has 1 saturated heterocycles. The van der Waals surface area contributed by atoms with Gasteiger partial charge in [-0.3, -0.25) is 4.90 Å². The van der Waals surface area contributed by atoms with Gasteiger partial charge in [-0.05, 0) is 63.5 Å². The summed E-state index contributed by atoms with van der Waals surface area (Å²) in [6, 6.07) is 0.478. The number of likely N-dealkylation sites (tertiary alicyclic amines) is 1. The normalized spacial score (nSPS) is 37.9. The SMILES string of the molecule is CC(C)C1CCCN(C2CCCC2O)CC1. The number of hydrogen-bond acceptors (Lipinski definition) is 2. The van der Waals surface area contributed by atoms with E-state index >= 15 is 0 Å². The van der Waals surface area contributed by atoms with Gasteiger partial charge >= 0.3 is 0 Å². The van der Waals surface area contributed by atoms with Crippen molar-refractivity contribution in [2.45, 2.75) is 64.5 Å². The van der Waals surface area contributed by atoms with E-state index in [0.717, 1.165) is 18.3 Å². The predicted octanol–water partition coefficient (Wildman–Crippen LogP) is 2.66. The smallest absolute Gasteiger partial charge is 0.0695 e. The van der Waals surface area contributed by atoms with Crippen LogP contribution < -0.4 is 0 Å². The summed E-state index contributed by atoms with van der Waals surface area (Å²) in [5.41, 5.74) is 0. The van der Waals surface area contributed by atoms with Gasteiger partial charge in [-0.25, -0.2) is 0 Å². The largest absolute Gasteiger partial charge is 0.391 e. The summed E-state index contributed by atoms with van der Waals surface area (Å²) in [5, 5.41) is 9.97. The molecule has 0 spiro atoms. The Balaban J connectivity index is 1.88. The molecule has 2 nitrogen and oxygen atoms in total. The summed E-state index contributed by atoms with van der Waals surface area (Å²) in [4.78, 5) is 2.57. The molecule has 0 aromatic heterocycles. The highest BCUT2D eigenvalue weighted by atomic mass is 16.3. The Kier molecular flexibility index (Phi) is 4.26. The van der Waals surface area contributed by atoms with E-state index in [9.17, 15) is 5.11 Å². The van der Waals surface area contributed by atoms with Crippen LogP contribution in [0.2, 0.25) is 0 Å². The fourth-order valence-corrected chi connectivity index (χ4v) is 3.49. The van der Waals surface area contributed by atoms with Crippen molar-refractivity contribution in [3.8, 4) is 0 Å². The average molecular weight is 225 g/mol. The highest BCUT2D eigenvalue weighted by Crippen LogP contribution is 2.30. The van der Waals surface area contributed by atoms with Gasteiger partial charge in [0, 0.05) is 6.04 Å². The second kappa shape index (κ2) is 5.50. The van der Waals surface area contributed by atoms with E-state index in [2.05, 4.69) is 18.7 Å². The maximum Gasteiger partial charge on any atom is 0.0695 e. The molecule has 1 N–H and O–H groups in total. The Labute approximate surface area is 100 Å². The van der Waals surface area contributed by atoms with Crippen molar-refractivity contribution in [2.75, 3.05) is 13.1 Å². The lowest BCUT2D eigenvalue weighted by atomic mass is 9.89. The minimum absolute atomic E-state index is 0.0457. The van der Waals surface area contributed by atoms with Crippen LogP contribution in [0.25, 0.3) is 0 Å². The molecule has 1 aliphatic carbocycles. The first kappa shape index (κ1) is 12.4. The molecule has 16 heavy (non-hydrogen) atoms. The number of nitrogens with zero attached hydrogens (tertiary/aromatic N) is 1. The Hall–Kier alpha value is -0.0800. The van der Waals surface area contributed by atoms with Crippen LogP contribution in [0.4, 0.5) is 0 Å². The Bertz CT molecular complexity index is 217. The Morgan fingerprint density at radius 3 is 2.44 bits per heavy atom. The summed E-state index contributed by atoms with van der Waals surface area (Å²) in [6.07, 6.45) is 7.46. The van der Waals surface area contributed by atoms with Gasteiger partial charge in [-0.2, -0.15) is 0 Å². The highest BCUT2D eigenvalue weighted by molar-refractivity contribution is 4.86. The van der Waals surface area contributed by atoms with Gasteiger partial charge < -0.3 is 5.11 Å². The van der Waals surface area contributed by atoms with Gasteiger partial charge in [0.05, 0.1) is 6.10 Å². The second-order valence-electron chi connectivity index (χ2n) is 6.04. The molecule has 2 rings (SSSR count). The fraction of sp³-hybridized carbons (Fsp3) is 1.00. The van der Waals surface area contributed by atoms with Gasteiger partial charge in [-0.15, -0.1) is 0 Å². The Morgan fingerprint density at radius 2 is 1.81 bits per heavy atom. The lowest BCUT2D eigenvalue weighted by Gasteiger charge is -2.30. The molecule has 1 heterocycles. The summed E-state index contributed by atoms with van der Waals surface area (Å²) >= 11 is 0. The van der Waals surface area contributed by atoms with E-state index in [4.69, 9.17) is 0 Å². The molecule has 1 saturated carbocycles. The molecular formula is C14H27NO. The molecule has 0 bridgehead atoms. The molecule has 3 atom stereocenters. The number of aliphatic hydroxyl groups is 1. The summed E-state index contributed by atoms with van der Waals surface area (Å²) in [6.45, 7) is 7.13. The Morgan fingerprint density at radius 1 is 1.00 bits per heavy atom. The first-order valence-corrected chi connectivity index (χ1v) is 7.10. The van der Waals surface area contributed by atoms with Crippen LogP contribution in [0.1, 0.15) is 52.4 Å². The van der Waals surface area contributed by atoms with Crippen LogP contribution >= 0.6 is 0 Å². The molecule has 0 aromatic carbocycles. The maximum absolute atomic E-state index is 9.97. The van der Waals surface area contributed by atoms with Crippen molar-refractivity contribution in [2.24, 2.45) is 11.8 Å². The maximum atomic E-state index is 9.97. The van der Waals surface area contributed by atoms with E-state index in [-0.39, 0.29) is 6.10 Å². The number of rotatable bonds is 2. The average Bonchev–Trinajstić information content (AvgIpc) is 2.54. The summed E-state index contributed by atoms with van der Waals surface area (Å²) in [5.74, 6) is 1.73. The van der Waals surface area contributed by atoms with Crippen molar-refractivity contribution in [1.82, 2.24) is 4.90 Å². The lowest BCUT2D eigenvalue weighted by Crippen LogP contribution is -2.41. The van der Waals surface area contributed by atoms with Crippen LogP contribution in [0.3, 0.4) is 0 Å². The highest BCUT2D eigenvalue weighted by Gasteiger charge is 2.32. The van der Waals surface area contributed by atoms with Crippen LogP contribution in [-0.2, 0) is 0 Å². The molecule has 2 heteroatoms. The zero-order chi connectivity index (χ0) is 11.5. The molecule has 94 valence electrons. The molecule has 0 aromatic rings. The first-order chi connectivity index (χ1) is 7.68. The monoisotopic (exact) mass is 225 g/mol. The molecule has 3 unspecified atom stereocenters. The lowest BCUT2D eigenvalue weighted by molar-refractivity contribution is 0.0717. The minimum atomic E-state index is -0.0457. The third-order valence-corrected chi connectivity index (χ3v) is 4.66. The zero-order valence-corrected chi connectivity index (χ0v) is 10.9. The van der Waals surface area contributed by atoms with E-state index in [1.807, 2.05) is 0 Å². The fourth-order valence-electron chi connectivity index (χ4n) is 3.49. The quantitative estimate of drug-likeness (QED) is 0.781. The molecule has 2 aliphatic rings. The van der Waals surface area contributed by atoms with Gasteiger partial charge in [0.15, 0.2) is 0 Å². The summed E-state index contributed by atoms with van der Waals surface area (Å²) < 4.78 is 0. The molecule has 2 fully saturated rings. The zero-order valence-electron chi connectivity index (χ0n) is 10.9. The predicted molar refractivity (Wildman–Crippen MR) is 67.4 cm³/mol. The van der Waals surface area contributed by atoms with E-state index in [1.54, 1.807) is 0 Å². The molecular weight excluding hydrogens is 198 g/mol. The number of hydrogen-bond donors (Lipinski definition) is 1. The van der Waals surface area contributed by atoms with Gasteiger partial charge in [-0.1, -0.05) is 13.8 Å². The molecule has 0 amide bonds. The van der Waals surface area contributed by atoms with E-state index < -0.39 is 0 Å². The van der Waals surface area contributed by atoms with Crippen molar-refractivity contribution in [1.29, 1.82) is 0 Å². The second-order valence-corrected chi connectivity index (χ2v) is 6.04. The minimum Gasteiger partial charge on any atom is -0.391 e. The van der Waals surface area contributed by atoms with Crippen molar-refractivity contribution >= 4 is 0 Å². The third-order valence-electron chi connectivity index (χ3n) is 4.66. The van der Waals surface area contributed by atoms with Crippen molar-refractivity contribution in [3.05, 3.63) is 0 Å².